The number of esters is 1. The highest BCUT2D eigenvalue weighted by Gasteiger charge is 2.15. The van der Waals surface area contributed by atoms with Gasteiger partial charge in [-0.3, -0.25) is 4.79 Å². The molecule has 0 fully saturated rings. The summed E-state index contributed by atoms with van der Waals surface area (Å²) in [6.45, 7) is 4.40. The molecule has 23 heavy (non-hydrogen) atoms. The molecule has 2 aromatic heterocycles. The number of carbonyl (C=O) groups is 2. The molecule has 2 rings (SSSR count). The number of carbonyl (C=O) groups excluding carboxylic acids is 2. The Morgan fingerprint density at radius 1 is 1.43 bits per heavy atom. The smallest absolute Gasteiger partial charge is 0.330 e. The van der Waals surface area contributed by atoms with Crippen molar-refractivity contribution < 1.29 is 18.8 Å². The first-order chi connectivity index (χ1) is 11.0. The second-order valence-electron chi connectivity index (χ2n) is 5.27. The Morgan fingerprint density at radius 2 is 2.22 bits per heavy atom. The van der Waals surface area contributed by atoms with Gasteiger partial charge in [-0.05, 0) is 18.4 Å². The SMILES string of the molecule is COC(=O)/C=C/CCNC(=O)c1cnc2onc(C(C)C)c2c1. The van der Waals surface area contributed by atoms with Crippen molar-refractivity contribution in [2.45, 2.75) is 26.2 Å². The highest BCUT2D eigenvalue weighted by atomic mass is 16.5. The molecule has 1 amide bonds. The van der Waals surface area contributed by atoms with Crippen LogP contribution in [0, 0.1) is 0 Å². The molecule has 0 saturated heterocycles. The molecule has 0 spiro atoms. The zero-order chi connectivity index (χ0) is 16.8. The van der Waals surface area contributed by atoms with Gasteiger partial charge in [-0.2, -0.15) is 0 Å². The van der Waals surface area contributed by atoms with Crippen LogP contribution in [0.4, 0.5) is 0 Å². The average Bonchev–Trinajstić information content (AvgIpc) is 2.97. The summed E-state index contributed by atoms with van der Waals surface area (Å²) < 4.78 is 9.62. The van der Waals surface area contributed by atoms with Crippen LogP contribution in [-0.4, -0.2) is 35.7 Å². The number of ether oxygens (including phenoxy) is 1. The Bertz CT molecular complexity index is 734. The van der Waals surface area contributed by atoms with Crippen LogP contribution in [0.1, 0.15) is 42.2 Å². The molecule has 0 aliphatic heterocycles. The quantitative estimate of drug-likeness (QED) is 0.498. The molecule has 122 valence electrons. The van der Waals surface area contributed by atoms with E-state index in [4.69, 9.17) is 4.52 Å². The molecule has 2 heterocycles. The van der Waals surface area contributed by atoms with E-state index < -0.39 is 5.97 Å². The van der Waals surface area contributed by atoms with Crippen LogP contribution in [-0.2, 0) is 9.53 Å². The Labute approximate surface area is 133 Å². The Morgan fingerprint density at radius 3 is 2.91 bits per heavy atom. The van der Waals surface area contributed by atoms with Crippen LogP contribution in [0.2, 0.25) is 0 Å². The van der Waals surface area contributed by atoms with Crippen LogP contribution in [0.5, 0.6) is 0 Å². The lowest BCUT2D eigenvalue weighted by Crippen LogP contribution is -2.24. The molecule has 0 aromatic carbocycles. The van der Waals surface area contributed by atoms with Crippen LogP contribution in [0.15, 0.2) is 28.9 Å². The minimum absolute atomic E-state index is 0.180. The van der Waals surface area contributed by atoms with E-state index in [0.29, 0.717) is 24.2 Å². The van der Waals surface area contributed by atoms with Crippen molar-refractivity contribution in [3.05, 3.63) is 35.7 Å². The fraction of sp³-hybridized carbons (Fsp3) is 0.375. The maximum absolute atomic E-state index is 12.1. The van der Waals surface area contributed by atoms with Gasteiger partial charge in [0.05, 0.1) is 23.8 Å². The van der Waals surface area contributed by atoms with Crippen molar-refractivity contribution in [3.63, 3.8) is 0 Å². The summed E-state index contributed by atoms with van der Waals surface area (Å²) in [6, 6.07) is 1.73. The number of aromatic nitrogens is 2. The summed E-state index contributed by atoms with van der Waals surface area (Å²) in [6.07, 6.45) is 4.95. The van der Waals surface area contributed by atoms with Crippen LogP contribution < -0.4 is 5.32 Å². The van der Waals surface area contributed by atoms with Crippen molar-refractivity contribution in [2.24, 2.45) is 0 Å². The number of rotatable bonds is 6. The summed E-state index contributed by atoms with van der Waals surface area (Å²) in [5.74, 6) is -0.471. The predicted octanol–water partition coefficient (Wildman–Crippen LogP) is 2.20. The van der Waals surface area contributed by atoms with Crippen molar-refractivity contribution in [1.82, 2.24) is 15.5 Å². The molecule has 0 aliphatic carbocycles. The van der Waals surface area contributed by atoms with Gasteiger partial charge in [-0.15, -0.1) is 0 Å². The summed E-state index contributed by atoms with van der Waals surface area (Å²) in [5.41, 5.74) is 1.65. The van der Waals surface area contributed by atoms with Gasteiger partial charge < -0.3 is 14.6 Å². The molecule has 0 atom stereocenters. The summed E-state index contributed by atoms with van der Waals surface area (Å²) in [4.78, 5) is 27.1. The van der Waals surface area contributed by atoms with Gasteiger partial charge in [0, 0.05) is 18.8 Å². The Hall–Kier alpha value is -2.70. The molecule has 2 aromatic rings. The molecule has 0 radical (unpaired) electrons. The number of nitrogens with one attached hydrogen (secondary N) is 1. The van der Waals surface area contributed by atoms with Crippen molar-refractivity contribution in [2.75, 3.05) is 13.7 Å². The molecular formula is C16H19N3O4. The summed E-state index contributed by atoms with van der Waals surface area (Å²) in [7, 11) is 1.31. The first-order valence-corrected chi connectivity index (χ1v) is 7.31. The van der Waals surface area contributed by atoms with Crippen LogP contribution >= 0.6 is 0 Å². The fourth-order valence-electron chi connectivity index (χ4n) is 2.01. The first-order valence-electron chi connectivity index (χ1n) is 7.31. The van der Waals surface area contributed by atoms with Gasteiger partial charge in [-0.1, -0.05) is 25.1 Å². The van der Waals surface area contributed by atoms with Crippen molar-refractivity contribution >= 4 is 23.0 Å². The predicted molar refractivity (Wildman–Crippen MR) is 84.0 cm³/mol. The standard InChI is InChI=1S/C16H19N3O4/c1-10(2)14-12-8-11(9-18-16(12)23-19-14)15(21)17-7-5-4-6-13(20)22-3/h4,6,8-10H,5,7H2,1-3H3,(H,17,21)/b6-4+. The monoisotopic (exact) mass is 317 g/mol. The average molecular weight is 317 g/mol. The minimum atomic E-state index is -0.417. The summed E-state index contributed by atoms with van der Waals surface area (Å²) in [5, 5.41) is 7.50. The lowest BCUT2D eigenvalue weighted by Gasteiger charge is -2.04. The summed E-state index contributed by atoms with van der Waals surface area (Å²) >= 11 is 0. The van der Waals surface area contributed by atoms with Gasteiger partial charge in [0.1, 0.15) is 0 Å². The van der Waals surface area contributed by atoms with Gasteiger partial charge in [0.15, 0.2) is 0 Å². The largest absolute Gasteiger partial charge is 0.466 e. The third-order valence-corrected chi connectivity index (χ3v) is 3.22. The van der Waals surface area contributed by atoms with Crippen molar-refractivity contribution in [3.8, 4) is 0 Å². The molecule has 0 unspecified atom stereocenters. The Kier molecular flexibility index (Phi) is 5.46. The maximum atomic E-state index is 12.1. The van der Waals surface area contributed by atoms with Gasteiger partial charge >= 0.3 is 5.97 Å². The molecule has 0 aliphatic rings. The molecule has 1 N–H and O–H groups in total. The van der Waals surface area contributed by atoms with Gasteiger partial charge in [-0.25, -0.2) is 9.78 Å². The van der Waals surface area contributed by atoms with E-state index >= 15 is 0 Å². The van der Waals surface area contributed by atoms with Crippen LogP contribution in [0.3, 0.4) is 0 Å². The van der Waals surface area contributed by atoms with Gasteiger partial charge in [0.25, 0.3) is 11.6 Å². The van der Waals surface area contributed by atoms with E-state index in [-0.39, 0.29) is 11.8 Å². The fourth-order valence-corrected chi connectivity index (χ4v) is 2.01. The van der Waals surface area contributed by atoms with E-state index in [2.05, 4.69) is 20.2 Å². The zero-order valence-electron chi connectivity index (χ0n) is 13.3. The van der Waals surface area contributed by atoms with E-state index in [1.54, 1.807) is 12.1 Å². The van der Waals surface area contributed by atoms with Gasteiger partial charge in [0.2, 0.25) is 0 Å². The number of pyridine rings is 1. The van der Waals surface area contributed by atoms with E-state index in [0.717, 1.165) is 11.1 Å². The van der Waals surface area contributed by atoms with E-state index in [1.165, 1.54) is 19.4 Å². The molecule has 0 bridgehead atoms. The number of methoxy groups -OCH3 is 1. The number of hydrogen-bond acceptors (Lipinski definition) is 6. The second kappa shape index (κ2) is 7.53. The first kappa shape index (κ1) is 16.7. The molecular weight excluding hydrogens is 298 g/mol. The second-order valence-corrected chi connectivity index (χ2v) is 5.27. The van der Waals surface area contributed by atoms with Crippen molar-refractivity contribution in [1.29, 1.82) is 0 Å². The molecule has 0 saturated carbocycles. The van der Waals surface area contributed by atoms with Crippen LogP contribution in [0.25, 0.3) is 11.1 Å². The third kappa shape index (κ3) is 4.15. The number of fused-ring (bicyclic) bond motifs is 1. The highest BCUT2D eigenvalue weighted by molar-refractivity contribution is 5.97. The topological polar surface area (TPSA) is 94.3 Å². The van der Waals surface area contributed by atoms with E-state index in [1.807, 2.05) is 13.8 Å². The zero-order valence-corrected chi connectivity index (χ0v) is 13.3. The minimum Gasteiger partial charge on any atom is -0.466 e. The lowest BCUT2D eigenvalue weighted by molar-refractivity contribution is -0.134. The molecule has 7 nitrogen and oxygen atoms in total. The normalized spacial score (nSPS) is 11.3. The van der Waals surface area contributed by atoms with E-state index in [9.17, 15) is 9.59 Å². The number of nitrogens with zero attached hydrogens (tertiary/aromatic N) is 2. The Balaban J connectivity index is 1.99. The third-order valence-electron chi connectivity index (χ3n) is 3.22. The number of amides is 1. The highest BCUT2D eigenvalue weighted by Crippen LogP contribution is 2.23. The maximum Gasteiger partial charge on any atom is 0.330 e. The number of hydrogen-bond donors (Lipinski definition) is 1. The molecule has 7 heteroatoms. The lowest BCUT2D eigenvalue weighted by atomic mass is 10.1.